The van der Waals surface area contributed by atoms with Gasteiger partial charge in [0.1, 0.15) is 0 Å². The maximum absolute atomic E-state index is 12.5. The van der Waals surface area contributed by atoms with Crippen LogP contribution in [-0.4, -0.2) is 12.5 Å². The van der Waals surface area contributed by atoms with E-state index in [4.69, 9.17) is 0 Å². The lowest BCUT2D eigenvalue weighted by atomic mass is 9.84. The predicted molar refractivity (Wildman–Crippen MR) is 95.1 cm³/mol. The average molecular weight is 360 g/mol. The number of nitrogens with one attached hydrogen (secondary N) is 1. The number of amides is 1. The van der Waals surface area contributed by atoms with Crippen LogP contribution in [0.3, 0.4) is 0 Å². The average Bonchev–Trinajstić information content (AvgIpc) is 2.47. The number of hydrogen-bond donors (Lipinski definition) is 1. The Hall–Kier alpha value is -1.61. The van der Waals surface area contributed by atoms with Crippen LogP contribution in [0, 0.1) is 6.92 Å². The fourth-order valence-corrected chi connectivity index (χ4v) is 2.67. The summed E-state index contributed by atoms with van der Waals surface area (Å²) in [6.45, 7) is 6.65. The molecule has 0 aromatic heterocycles. The third-order valence-electron chi connectivity index (χ3n) is 3.92. The highest BCUT2D eigenvalue weighted by Gasteiger charge is 2.29. The number of benzene rings is 2. The first-order chi connectivity index (χ1) is 10.4. The highest BCUT2D eigenvalue weighted by Crippen LogP contribution is 2.25. The summed E-state index contributed by atoms with van der Waals surface area (Å²) in [7, 11) is 0. The van der Waals surface area contributed by atoms with E-state index >= 15 is 0 Å². The van der Waals surface area contributed by atoms with Crippen molar-refractivity contribution in [1.29, 1.82) is 0 Å². The van der Waals surface area contributed by atoms with Gasteiger partial charge < -0.3 is 5.32 Å². The summed E-state index contributed by atoms with van der Waals surface area (Å²) in [6.07, 6.45) is 0.851. The molecular formula is C19H22BrNO. The summed E-state index contributed by atoms with van der Waals surface area (Å²) in [5.74, 6) is 0.0578. The van der Waals surface area contributed by atoms with E-state index in [0.717, 1.165) is 16.5 Å². The standard InChI is InChI=1S/C19H22BrNO/c1-14-5-4-6-15(13-14)11-12-21-18(22)19(2,3)16-7-9-17(20)10-8-16/h4-10,13H,11-12H2,1-3H3,(H,21,22). The first kappa shape index (κ1) is 16.8. The monoisotopic (exact) mass is 359 g/mol. The molecule has 2 nitrogen and oxygen atoms in total. The number of rotatable bonds is 5. The van der Waals surface area contributed by atoms with Crippen molar-refractivity contribution in [3.05, 3.63) is 69.7 Å². The van der Waals surface area contributed by atoms with Gasteiger partial charge in [-0.3, -0.25) is 4.79 Å². The molecule has 1 amide bonds. The Bertz CT molecular complexity index is 647. The van der Waals surface area contributed by atoms with E-state index < -0.39 is 5.41 Å². The largest absolute Gasteiger partial charge is 0.355 e. The van der Waals surface area contributed by atoms with Crippen molar-refractivity contribution in [2.75, 3.05) is 6.54 Å². The van der Waals surface area contributed by atoms with Gasteiger partial charge in [-0.25, -0.2) is 0 Å². The van der Waals surface area contributed by atoms with Crippen molar-refractivity contribution in [3.8, 4) is 0 Å². The lowest BCUT2D eigenvalue weighted by Crippen LogP contribution is -2.40. The minimum atomic E-state index is -0.534. The molecular weight excluding hydrogens is 338 g/mol. The molecule has 0 spiro atoms. The summed E-state index contributed by atoms with van der Waals surface area (Å²) in [5, 5.41) is 3.05. The lowest BCUT2D eigenvalue weighted by molar-refractivity contribution is -0.125. The molecule has 0 heterocycles. The molecule has 22 heavy (non-hydrogen) atoms. The van der Waals surface area contributed by atoms with E-state index in [1.807, 2.05) is 38.1 Å². The van der Waals surface area contributed by atoms with Crippen molar-refractivity contribution in [2.24, 2.45) is 0 Å². The fourth-order valence-electron chi connectivity index (χ4n) is 2.41. The minimum Gasteiger partial charge on any atom is -0.355 e. The molecule has 2 rings (SSSR count). The Labute approximate surface area is 141 Å². The Kier molecular flexibility index (Phi) is 5.41. The highest BCUT2D eigenvalue weighted by atomic mass is 79.9. The minimum absolute atomic E-state index is 0.0578. The number of carbonyl (C=O) groups is 1. The predicted octanol–water partition coefficient (Wildman–Crippen LogP) is 4.39. The molecule has 1 N–H and O–H groups in total. The maximum atomic E-state index is 12.5. The third kappa shape index (κ3) is 4.20. The third-order valence-corrected chi connectivity index (χ3v) is 4.44. The lowest BCUT2D eigenvalue weighted by Gasteiger charge is -2.24. The van der Waals surface area contributed by atoms with Crippen molar-refractivity contribution >= 4 is 21.8 Å². The van der Waals surface area contributed by atoms with Crippen molar-refractivity contribution in [2.45, 2.75) is 32.6 Å². The SMILES string of the molecule is Cc1cccc(CCNC(=O)C(C)(C)c2ccc(Br)cc2)c1. The Balaban J connectivity index is 1.95. The Morgan fingerprint density at radius 3 is 2.45 bits per heavy atom. The zero-order valence-electron chi connectivity index (χ0n) is 13.3. The molecule has 3 heteroatoms. The second-order valence-corrected chi connectivity index (χ2v) is 7.04. The smallest absolute Gasteiger partial charge is 0.230 e. The zero-order valence-corrected chi connectivity index (χ0v) is 14.9. The highest BCUT2D eigenvalue weighted by molar-refractivity contribution is 9.10. The van der Waals surface area contributed by atoms with E-state index in [0.29, 0.717) is 6.54 Å². The Morgan fingerprint density at radius 2 is 1.82 bits per heavy atom. The van der Waals surface area contributed by atoms with Gasteiger partial charge in [0.05, 0.1) is 5.41 Å². The molecule has 0 unspecified atom stereocenters. The second kappa shape index (κ2) is 7.10. The Morgan fingerprint density at radius 1 is 1.14 bits per heavy atom. The molecule has 0 aliphatic rings. The van der Waals surface area contributed by atoms with Gasteiger partial charge >= 0.3 is 0 Å². The summed E-state index contributed by atoms with van der Waals surface area (Å²) in [5.41, 5.74) is 2.98. The topological polar surface area (TPSA) is 29.1 Å². The summed E-state index contributed by atoms with van der Waals surface area (Å²) in [4.78, 5) is 12.5. The van der Waals surface area contributed by atoms with E-state index in [2.05, 4.69) is 52.4 Å². The molecule has 0 fully saturated rings. The fraction of sp³-hybridized carbons (Fsp3) is 0.316. The first-order valence-electron chi connectivity index (χ1n) is 7.49. The number of hydrogen-bond acceptors (Lipinski definition) is 1. The molecule has 0 saturated carbocycles. The maximum Gasteiger partial charge on any atom is 0.230 e. The van der Waals surface area contributed by atoms with Crippen LogP contribution >= 0.6 is 15.9 Å². The van der Waals surface area contributed by atoms with Gasteiger partial charge in [-0.1, -0.05) is 57.9 Å². The van der Waals surface area contributed by atoms with Crippen LogP contribution in [0.25, 0.3) is 0 Å². The number of aryl methyl sites for hydroxylation is 1. The summed E-state index contributed by atoms with van der Waals surface area (Å²) < 4.78 is 1.02. The molecule has 116 valence electrons. The van der Waals surface area contributed by atoms with Crippen molar-refractivity contribution in [1.82, 2.24) is 5.32 Å². The van der Waals surface area contributed by atoms with E-state index in [9.17, 15) is 4.79 Å². The number of halogens is 1. The molecule has 0 bridgehead atoms. The molecule has 0 atom stereocenters. The molecule has 0 radical (unpaired) electrons. The first-order valence-corrected chi connectivity index (χ1v) is 8.29. The number of carbonyl (C=O) groups excluding carboxylic acids is 1. The van der Waals surface area contributed by atoms with Crippen LogP contribution in [0.1, 0.15) is 30.5 Å². The van der Waals surface area contributed by atoms with Gasteiger partial charge in [-0.15, -0.1) is 0 Å². The van der Waals surface area contributed by atoms with Crippen LogP contribution in [0.15, 0.2) is 53.0 Å². The normalized spacial score (nSPS) is 11.3. The van der Waals surface area contributed by atoms with E-state index in [1.165, 1.54) is 11.1 Å². The van der Waals surface area contributed by atoms with Gasteiger partial charge in [-0.05, 0) is 50.5 Å². The van der Waals surface area contributed by atoms with Crippen molar-refractivity contribution in [3.63, 3.8) is 0 Å². The zero-order chi connectivity index (χ0) is 16.2. The summed E-state index contributed by atoms with van der Waals surface area (Å²) >= 11 is 3.42. The van der Waals surface area contributed by atoms with Gasteiger partial charge in [0.15, 0.2) is 0 Å². The van der Waals surface area contributed by atoms with Gasteiger partial charge in [0.2, 0.25) is 5.91 Å². The van der Waals surface area contributed by atoms with Crippen molar-refractivity contribution < 1.29 is 4.79 Å². The van der Waals surface area contributed by atoms with Crippen LogP contribution in [0.5, 0.6) is 0 Å². The van der Waals surface area contributed by atoms with Gasteiger partial charge in [0.25, 0.3) is 0 Å². The second-order valence-electron chi connectivity index (χ2n) is 6.13. The molecule has 0 aliphatic carbocycles. The quantitative estimate of drug-likeness (QED) is 0.842. The molecule has 0 saturated heterocycles. The molecule has 2 aromatic rings. The van der Waals surface area contributed by atoms with E-state index in [-0.39, 0.29) is 5.91 Å². The van der Waals surface area contributed by atoms with Crippen LogP contribution < -0.4 is 5.32 Å². The van der Waals surface area contributed by atoms with Crippen LogP contribution in [0.2, 0.25) is 0 Å². The van der Waals surface area contributed by atoms with Gasteiger partial charge in [0, 0.05) is 11.0 Å². The van der Waals surface area contributed by atoms with Crippen LogP contribution in [-0.2, 0) is 16.6 Å². The van der Waals surface area contributed by atoms with Gasteiger partial charge in [-0.2, -0.15) is 0 Å². The molecule has 2 aromatic carbocycles. The van der Waals surface area contributed by atoms with Crippen LogP contribution in [0.4, 0.5) is 0 Å². The summed E-state index contributed by atoms with van der Waals surface area (Å²) in [6, 6.07) is 16.3. The molecule has 0 aliphatic heterocycles. The van der Waals surface area contributed by atoms with E-state index in [1.54, 1.807) is 0 Å².